The molecule has 0 radical (unpaired) electrons. The molecule has 0 N–H and O–H groups in total. The molecule has 4 heteroatoms. The smallest absolute Gasteiger partial charge is 0.244 e. The molecule has 2 rings (SSSR count). The van der Waals surface area contributed by atoms with E-state index in [2.05, 4.69) is 5.10 Å². The molecule has 0 saturated heterocycles. The van der Waals surface area contributed by atoms with Crippen molar-refractivity contribution in [1.82, 2.24) is 14.7 Å². The first kappa shape index (κ1) is 12.4. The second-order valence-corrected chi connectivity index (χ2v) is 4.10. The second kappa shape index (κ2) is 6.00. The van der Waals surface area contributed by atoms with Crippen LogP contribution in [0.4, 0.5) is 0 Å². The van der Waals surface area contributed by atoms with Crippen molar-refractivity contribution >= 4 is 5.91 Å². The fourth-order valence-electron chi connectivity index (χ4n) is 1.81. The van der Waals surface area contributed by atoms with Crippen LogP contribution in [0.15, 0.2) is 48.8 Å². The number of hydrogen-bond acceptors (Lipinski definition) is 2. The Hall–Kier alpha value is -2.10. The SMILES string of the molecule is CCN(Cc1ccccc1)C(=O)Cn1cccn1. The van der Waals surface area contributed by atoms with Gasteiger partial charge in [0.25, 0.3) is 0 Å². The first-order valence-corrected chi connectivity index (χ1v) is 6.08. The topological polar surface area (TPSA) is 38.1 Å². The molecule has 1 amide bonds. The molecule has 0 aliphatic heterocycles. The number of carbonyl (C=O) groups excluding carboxylic acids is 1. The second-order valence-electron chi connectivity index (χ2n) is 4.10. The average molecular weight is 243 g/mol. The van der Waals surface area contributed by atoms with Gasteiger partial charge in [-0.05, 0) is 18.6 Å². The van der Waals surface area contributed by atoms with Gasteiger partial charge in [-0.2, -0.15) is 5.10 Å². The van der Waals surface area contributed by atoms with Crippen LogP contribution in [0.2, 0.25) is 0 Å². The number of rotatable bonds is 5. The van der Waals surface area contributed by atoms with Gasteiger partial charge in [0.2, 0.25) is 5.91 Å². The predicted molar refractivity (Wildman–Crippen MR) is 69.8 cm³/mol. The number of amides is 1. The molecule has 1 aromatic heterocycles. The molecule has 0 bridgehead atoms. The van der Waals surface area contributed by atoms with Gasteiger partial charge in [0.15, 0.2) is 0 Å². The Bertz CT molecular complexity index is 479. The number of aromatic nitrogens is 2. The van der Waals surface area contributed by atoms with Crippen molar-refractivity contribution in [2.24, 2.45) is 0 Å². The maximum absolute atomic E-state index is 12.1. The monoisotopic (exact) mass is 243 g/mol. The van der Waals surface area contributed by atoms with Gasteiger partial charge >= 0.3 is 0 Å². The summed E-state index contributed by atoms with van der Waals surface area (Å²) in [6.07, 6.45) is 3.48. The molecule has 94 valence electrons. The Balaban J connectivity index is 1.98. The predicted octanol–water partition coefficient (Wildman–Crippen LogP) is 1.93. The minimum Gasteiger partial charge on any atom is -0.337 e. The van der Waals surface area contributed by atoms with Crippen molar-refractivity contribution < 1.29 is 4.79 Å². The minimum absolute atomic E-state index is 0.0880. The highest BCUT2D eigenvalue weighted by molar-refractivity contribution is 5.75. The van der Waals surface area contributed by atoms with E-state index < -0.39 is 0 Å². The van der Waals surface area contributed by atoms with E-state index >= 15 is 0 Å². The molecule has 1 aromatic carbocycles. The largest absolute Gasteiger partial charge is 0.337 e. The van der Waals surface area contributed by atoms with E-state index in [-0.39, 0.29) is 5.91 Å². The molecule has 0 saturated carbocycles. The van der Waals surface area contributed by atoms with Crippen LogP contribution in [0, 0.1) is 0 Å². The zero-order valence-electron chi connectivity index (χ0n) is 10.5. The van der Waals surface area contributed by atoms with Gasteiger partial charge in [-0.25, -0.2) is 0 Å². The van der Waals surface area contributed by atoms with Crippen molar-refractivity contribution in [3.63, 3.8) is 0 Å². The molecule has 0 fully saturated rings. The lowest BCUT2D eigenvalue weighted by Crippen LogP contribution is -2.33. The summed E-state index contributed by atoms with van der Waals surface area (Å²) in [7, 11) is 0. The highest BCUT2D eigenvalue weighted by Crippen LogP contribution is 2.05. The van der Waals surface area contributed by atoms with Crippen LogP contribution in [0.1, 0.15) is 12.5 Å². The van der Waals surface area contributed by atoms with Gasteiger partial charge in [-0.1, -0.05) is 30.3 Å². The Kier molecular flexibility index (Phi) is 4.12. The summed E-state index contributed by atoms with van der Waals surface area (Å²) in [5.41, 5.74) is 1.15. The third kappa shape index (κ3) is 3.20. The lowest BCUT2D eigenvalue weighted by atomic mass is 10.2. The summed E-state index contributed by atoms with van der Waals surface area (Å²) in [6, 6.07) is 11.8. The van der Waals surface area contributed by atoms with E-state index in [4.69, 9.17) is 0 Å². The van der Waals surface area contributed by atoms with Crippen LogP contribution < -0.4 is 0 Å². The van der Waals surface area contributed by atoms with Crippen molar-refractivity contribution in [2.45, 2.75) is 20.0 Å². The number of carbonyl (C=O) groups is 1. The van der Waals surface area contributed by atoms with Gasteiger partial charge in [-0.15, -0.1) is 0 Å². The molecule has 2 aromatic rings. The van der Waals surface area contributed by atoms with Gasteiger partial charge in [0.05, 0.1) is 0 Å². The molecule has 18 heavy (non-hydrogen) atoms. The van der Waals surface area contributed by atoms with E-state index in [0.29, 0.717) is 19.6 Å². The van der Waals surface area contributed by atoms with E-state index in [0.717, 1.165) is 5.56 Å². The van der Waals surface area contributed by atoms with Gasteiger partial charge < -0.3 is 4.90 Å². The highest BCUT2D eigenvalue weighted by atomic mass is 16.2. The summed E-state index contributed by atoms with van der Waals surface area (Å²) in [4.78, 5) is 13.9. The third-order valence-corrected chi connectivity index (χ3v) is 2.81. The Morgan fingerprint density at radius 1 is 1.28 bits per heavy atom. The van der Waals surface area contributed by atoms with Crippen molar-refractivity contribution in [3.05, 3.63) is 54.4 Å². The fourth-order valence-corrected chi connectivity index (χ4v) is 1.81. The molecule has 0 aliphatic rings. The molecule has 0 spiro atoms. The quantitative estimate of drug-likeness (QED) is 0.804. The zero-order chi connectivity index (χ0) is 12.8. The average Bonchev–Trinajstić information content (AvgIpc) is 2.90. The highest BCUT2D eigenvalue weighted by Gasteiger charge is 2.12. The molecular formula is C14H17N3O. The first-order valence-electron chi connectivity index (χ1n) is 6.08. The van der Waals surface area contributed by atoms with Crippen LogP contribution >= 0.6 is 0 Å². The standard InChI is InChI=1S/C14H17N3O/c1-2-16(11-13-7-4-3-5-8-13)14(18)12-17-10-6-9-15-17/h3-10H,2,11-12H2,1H3. The van der Waals surface area contributed by atoms with E-state index in [1.165, 1.54) is 0 Å². The molecule has 4 nitrogen and oxygen atoms in total. The number of likely N-dealkylation sites (N-methyl/N-ethyl adjacent to an activating group) is 1. The van der Waals surface area contributed by atoms with E-state index in [1.807, 2.05) is 48.2 Å². The molecule has 0 aliphatic carbocycles. The Morgan fingerprint density at radius 3 is 2.67 bits per heavy atom. The zero-order valence-corrected chi connectivity index (χ0v) is 10.5. The fraction of sp³-hybridized carbons (Fsp3) is 0.286. The summed E-state index contributed by atoms with van der Waals surface area (Å²) < 4.78 is 1.65. The van der Waals surface area contributed by atoms with Crippen molar-refractivity contribution in [3.8, 4) is 0 Å². The van der Waals surface area contributed by atoms with E-state index in [1.54, 1.807) is 17.1 Å². The third-order valence-electron chi connectivity index (χ3n) is 2.81. The van der Waals surface area contributed by atoms with Crippen LogP contribution in [-0.2, 0) is 17.9 Å². The van der Waals surface area contributed by atoms with Crippen LogP contribution in [0.5, 0.6) is 0 Å². The first-order chi connectivity index (χ1) is 8.79. The Morgan fingerprint density at radius 2 is 2.06 bits per heavy atom. The molecule has 1 heterocycles. The summed E-state index contributed by atoms with van der Waals surface area (Å²) in [5, 5.41) is 4.05. The van der Waals surface area contributed by atoms with Crippen LogP contribution in [0.3, 0.4) is 0 Å². The molecule has 0 atom stereocenters. The van der Waals surface area contributed by atoms with Gasteiger partial charge in [0.1, 0.15) is 6.54 Å². The molecule has 0 unspecified atom stereocenters. The number of nitrogens with zero attached hydrogens (tertiary/aromatic N) is 3. The maximum Gasteiger partial charge on any atom is 0.244 e. The normalized spacial score (nSPS) is 10.3. The molecular weight excluding hydrogens is 226 g/mol. The van der Waals surface area contributed by atoms with Crippen LogP contribution in [0.25, 0.3) is 0 Å². The minimum atomic E-state index is 0.0880. The lowest BCUT2D eigenvalue weighted by Gasteiger charge is -2.21. The number of hydrogen-bond donors (Lipinski definition) is 0. The summed E-state index contributed by atoms with van der Waals surface area (Å²) in [5.74, 6) is 0.0880. The van der Waals surface area contributed by atoms with Gasteiger partial charge in [-0.3, -0.25) is 9.48 Å². The van der Waals surface area contributed by atoms with Crippen molar-refractivity contribution in [1.29, 1.82) is 0 Å². The summed E-state index contributed by atoms with van der Waals surface area (Å²) >= 11 is 0. The number of benzene rings is 1. The van der Waals surface area contributed by atoms with Crippen LogP contribution in [-0.4, -0.2) is 27.1 Å². The lowest BCUT2D eigenvalue weighted by molar-refractivity contribution is -0.132. The maximum atomic E-state index is 12.1. The Labute approximate surface area is 107 Å². The van der Waals surface area contributed by atoms with Gasteiger partial charge in [0, 0.05) is 25.5 Å². The van der Waals surface area contributed by atoms with E-state index in [9.17, 15) is 4.79 Å². The summed E-state index contributed by atoms with van der Waals surface area (Å²) in [6.45, 7) is 3.64. The van der Waals surface area contributed by atoms with Crippen molar-refractivity contribution in [2.75, 3.05) is 6.54 Å².